The van der Waals surface area contributed by atoms with Crippen LogP contribution in [0.2, 0.25) is 0 Å². The first-order valence-corrected chi connectivity index (χ1v) is 4.31. The Morgan fingerprint density at radius 3 is 2.30 bits per heavy atom. The molecule has 0 aliphatic rings. The van der Waals surface area contributed by atoms with E-state index < -0.39 is 0 Å². The summed E-state index contributed by atoms with van der Waals surface area (Å²) in [4.78, 5) is 3.92. The van der Waals surface area contributed by atoms with Gasteiger partial charge in [-0.25, -0.2) is 0 Å². The highest BCUT2D eigenvalue weighted by molar-refractivity contribution is 7.99. The summed E-state index contributed by atoms with van der Waals surface area (Å²) in [5, 5.41) is 0. The Bertz CT molecular complexity index is 127. The summed E-state index contributed by atoms with van der Waals surface area (Å²) in [6.45, 7) is 4.88. The molecule has 0 amide bonds. The molecule has 0 aliphatic carbocycles. The fourth-order valence-electron chi connectivity index (χ4n) is 0.346. The molecule has 0 saturated carbocycles. The predicted molar refractivity (Wildman–Crippen MR) is 48.3 cm³/mol. The Balaban J connectivity index is 3.78. The number of nitrogens with zero attached hydrogens (tertiary/aromatic N) is 1. The number of rotatable bonds is 3. The van der Waals surface area contributed by atoms with Crippen molar-refractivity contribution in [1.29, 1.82) is 0 Å². The predicted octanol–water partition coefficient (Wildman–Crippen LogP) is 0.401. The molecule has 0 atom stereocenters. The molecule has 4 heteroatoms. The second kappa shape index (κ2) is 3.71. The second-order valence-corrected chi connectivity index (χ2v) is 4.22. The molecule has 0 fully saturated rings. The van der Waals surface area contributed by atoms with Crippen molar-refractivity contribution in [2.75, 3.05) is 12.8 Å². The molecule has 0 radical (unpaired) electrons. The molecule has 0 aromatic carbocycles. The summed E-state index contributed by atoms with van der Waals surface area (Å²) < 4.78 is 0.143. The van der Waals surface area contributed by atoms with Crippen LogP contribution in [0.4, 0.5) is 0 Å². The van der Waals surface area contributed by atoms with E-state index in [0.29, 0.717) is 6.54 Å². The zero-order chi connectivity index (χ0) is 8.20. The molecule has 4 N–H and O–H groups in total. The molecule has 0 rings (SSSR count). The fraction of sp³-hybridized carbons (Fsp3) is 0.833. The van der Waals surface area contributed by atoms with E-state index in [-0.39, 0.29) is 10.7 Å². The van der Waals surface area contributed by atoms with Gasteiger partial charge in [0.05, 0.1) is 6.54 Å². The lowest BCUT2D eigenvalue weighted by Crippen LogP contribution is -2.27. The van der Waals surface area contributed by atoms with Gasteiger partial charge in [0, 0.05) is 4.75 Å². The van der Waals surface area contributed by atoms with Gasteiger partial charge in [-0.3, -0.25) is 4.99 Å². The number of aliphatic imine (C=N–C) groups is 1. The first-order chi connectivity index (χ1) is 4.48. The molecule has 3 nitrogen and oxygen atoms in total. The molecule has 10 heavy (non-hydrogen) atoms. The van der Waals surface area contributed by atoms with Gasteiger partial charge in [-0.05, 0) is 20.1 Å². The Labute approximate surface area is 66.3 Å². The maximum atomic E-state index is 5.17. The van der Waals surface area contributed by atoms with E-state index in [4.69, 9.17) is 11.5 Å². The molecule has 0 unspecified atom stereocenters. The summed E-state index contributed by atoms with van der Waals surface area (Å²) in [5.74, 6) is 0.169. The molecule has 0 spiro atoms. The zero-order valence-electron chi connectivity index (χ0n) is 6.72. The van der Waals surface area contributed by atoms with Gasteiger partial charge in [-0.2, -0.15) is 11.8 Å². The first-order valence-electron chi connectivity index (χ1n) is 3.08. The third-order valence-electron chi connectivity index (χ3n) is 1.19. The Hall–Kier alpha value is -0.380. The van der Waals surface area contributed by atoms with E-state index in [1.807, 2.05) is 6.26 Å². The van der Waals surface area contributed by atoms with E-state index in [2.05, 4.69) is 18.8 Å². The Morgan fingerprint density at radius 2 is 2.00 bits per heavy atom. The number of nitrogens with two attached hydrogens (primary N) is 2. The molecular formula is C6H15N3S. The van der Waals surface area contributed by atoms with Crippen molar-refractivity contribution in [2.24, 2.45) is 16.5 Å². The topological polar surface area (TPSA) is 64.4 Å². The zero-order valence-corrected chi connectivity index (χ0v) is 7.53. The van der Waals surface area contributed by atoms with Crippen molar-refractivity contribution in [1.82, 2.24) is 0 Å². The number of thioether (sulfide) groups is 1. The van der Waals surface area contributed by atoms with Crippen LogP contribution in [-0.4, -0.2) is 23.5 Å². The molecule has 0 aromatic heterocycles. The highest BCUT2D eigenvalue weighted by Gasteiger charge is 2.14. The van der Waals surface area contributed by atoms with Gasteiger partial charge in [0.15, 0.2) is 5.96 Å². The molecule has 0 aliphatic heterocycles. The van der Waals surface area contributed by atoms with Crippen LogP contribution in [0.25, 0.3) is 0 Å². The molecule has 0 heterocycles. The minimum atomic E-state index is 0.143. The van der Waals surface area contributed by atoms with E-state index in [0.717, 1.165) is 0 Å². The van der Waals surface area contributed by atoms with Crippen molar-refractivity contribution in [3.63, 3.8) is 0 Å². The van der Waals surface area contributed by atoms with Crippen LogP contribution in [0.5, 0.6) is 0 Å². The van der Waals surface area contributed by atoms with Crippen LogP contribution < -0.4 is 11.5 Å². The molecule has 0 aromatic rings. The summed E-state index contributed by atoms with van der Waals surface area (Å²) in [6.07, 6.45) is 2.04. The largest absolute Gasteiger partial charge is 0.370 e. The smallest absolute Gasteiger partial charge is 0.185 e. The van der Waals surface area contributed by atoms with Crippen molar-refractivity contribution in [2.45, 2.75) is 18.6 Å². The van der Waals surface area contributed by atoms with Crippen LogP contribution in [0, 0.1) is 0 Å². The van der Waals surface area contributed by atoms with Crippen molar-refractivity contribution >= 4 is 17.7 Å². The van der Waals surface area contributed by atoms with Gasteiger partial charge < -0.3 is 11.5 Å². The average Bonchev–Trinajstić information content (AvgIpc) is 1.85. The number of hydrogen-bond donors (Lipinski definition) is 2. The summed E-state index contributed by atoms with van der Waals surface area (Å²) in [6, 6.07) is 0. The molecule has 60 valence electrons. The quantitative estimate of drug-likeness (QED) is 0.465. The lowest BCUT2D eigenvalue weighted by molar-refractivity contribution is 0.725. The Kier molecular flexibility index (Phi) is 3.57. The van der Waals surface area contributed by atoms with E-state index in [9.17, 15) is 0 Å². The number of guanidine groups is 1. The van der Waals surface area contributed by atoms with E-state index in [1.54, 1.807) is 11.8 Å². The van der Waals surface area contributed by atoms with Crippen molar-refractivity contribution < 1.29 is 0 Å². The van der Waals surface area contributed by atoms with Crippen LogP contribution >= 0.6 is 11.8 Å². The first kappa shape index (κ1) is 9.62. The third-order valence-corrected chi connectivity index (χ3v) is 2.43. The summed E-state index contributed by atoms with van der Waals surface area (Å²) >= 11 is 1.75. The standard InChI is InChI=1S/C6H15N3S/c1-6(2,10-3)4-9-5(7)8/h4H2,1-3H3,(H4,7,8,9). The van der Waals surface area contributed by atoms with Crippen LogP contribution in [0.3, 0.4) is 0 Å². The minimum absolute atomic E-state index is 0.143. The maximum absolute atomic E-state index is 5.17. The van der Waals surface area contributed by atoms with Gasteiger partial charge in [-0.1, -0.05) is 0 Å². The molecular weight excluding hydrogens is 146 g/mol. The van der Waals surface area contributed by atoms with Crippen LogP contribution in [0.1, 0.15) is 13.8 Å². The van der Waals surface area contributed by atoms with Gasteiger partial charge in [-0.15, -0.1) is 0 Å². The monoisotopic (exact) mass is 161 g/mol. The highest BCUT2D eigenvalue weighted by atomic mass is 32.2. The molecule has 0 bridgehead atoms. The van der Waals surface area contributed by atoms with Gasteiger partial charge >= 0.3 is 0 Å². The third kappa shape index (κ3) is 4.49. The van der Waals surface area contributed by atoms with Crippen molar-refractivity contribution in [3.05, 3.63) is 0 Å². The maximum Gasteiger partial charge on any atom is 0.185 e. The average molecular weight is 161 g/mol. The highest BCUT2D eigenvalue weighted by Crippen LogP contribution is 2.20. The minimum Gasteiger partial charge on any atom is -0.370 e. The van der Waals surface area contributed by atoms with Crippen molar-refractivity contribution in [3.8, 4) is 0 Å². The van der Waals surface area contributed by atoms with Crippen LogP contribution in [0.15, 0.2) is 4.99 Å². The van der Waals surface area contributed by atoms with Gasteiger partial charge in [0.2, 0.25) is 0 Å². The summed E-state index contributed by atoms with van der Waals surface area (Å²) in [7, 11) is 0. The number of hydrogen-bond acceptors (Lipinski definition) is 2. The second-order valence-electron chi connectivity index (χ2n) is 2.70. The van der Waals surface area contributed by atoms with Crippen LogP contribution in [-0.2, 0) is 0 Å². The van der Waals surface area contributed by atoms with Gasteiger partial charge in [0.1, 0.15) is 0 Å². The van der Waals surface area contributed by atoms with E-state index >= 15 is 0 Å². The van der Waals surface area contributed by atoms with E-state index in [1.165, 1.54) is 0 Å². The SMILES string of the molecule is CSC(C)(C)CN=C(N)N. The Morgan fingerprint density at radius 1 is 1.50 bits per heavy atom. The lowest BCUT2D eigenvalue weighted by Gasteiger charge is -2.18. The summed E-state index contributed by atoms with van der Waals surface area (Å²) in [5.41, 5.74) is 10.3. The van der Waals surface area contributed by atoms with Gasteiger partial charge in [0.25, 0.3) is 0 Å². The lowest BCUT2D eigenvalue weighted by atomic mass is 10.2. The molecule has 0 saturated heterocycles. The normalized spacial score (nSPS) is 11.1. The fourth-order valence-corrected chi connectivity index (χ4v) is 0.540.